The van der Waals surface area contributed by atoms with Crippen molar-refractivity contribution in [3.8, 4) is 0 Å². The number of hydrogen-bond acceptors (Lipinski definition) is 5. The van der Waals surface area contributed by atoms with Crippen molar-refractivity contribution in [1.29, 1.82) is 0 Å². The van der Waals surface area contributed by atoms with Gasteiger partial charge in [0.1, 0.15) is 6.61 Å². The van der Waals surface area contributed by atoms with E-state index in [1.165, 1.54) is 116 Å². The predicted octanol–water partition coefficient (Wildman–Crippen LogP) is 11.1. The van der Waals surface area contributed by atoms with E-state index < -0.39 is 6.10 Å². The van der Waals surface area contributed by atoms with Crippen LogP contribution in [0.2, 0.25) is 0 Å². The third-order valence-electron chi connectivity index (χ3n) is 8.00. The number of ether oxygens (including phenoxy) is 2. The highest BCUT2D eigenvalue weighted by Crippen LogP contribution is 2.14. The Hall–Kier alpha value is -1.62. The molecule has 5 heteroatoms. The van der Waals surface area contributed by atoms with Crippen molar-refractivity contribution in [2.75, 3.05) is 13.2 Å². The summed E-state index contributed by atoms with van der Waals surface area (Å²) in [6.07, 6.45) is 39.4. The number of unbranched alkanes of at least 4 members (excludes halogenated alkanes) is 21. The normalized spacial score (nSPS) is 12.3. The van der Waals surface area contributed by atoms with Crippen LogP contribution in [-0.2, 0) is 19.1 Å². The third kappa shape index (κ3) is 33.1. The number of aliphatic hydroxyl groups is 1. The fourth-order valence-electron chi connectivity index (χ4n) is 5.17. The number of aliphatic hydroxyl groups excluding tert-OH is 1. The van der Waals surface area contributed by atoms with Gasteiger partial charge in [0.2, 0.25) is 0 Å². The Balaban J connectivity index is 3.56. The molecule has 0 fully saturated rings. The van der Waals surface area contributed by atoms with Gasteiger partial charge >= 0.3 is 11.9 Å². The number of esters is 2. The lowest BCUT2D eigenvalue weighted by molar-refractivity contribution is -0.161. The molecule has 0 aliphatic heterocycles. The maximum absolute atomic E-state index is 12.1. The standard InChI is InChI=1S/C38H70O5/c1-3-5-7-9-11-13-15-17-18-19-20-21-23-24-26-28-30-32-37(40)42-35-36(34-39)43-38(41)33-31-29-27-25-22-16-14-12-10-8-6-4-2/h11,13,17-18,36,39H,3-10,12,14-16,19-35H2,1-2H3/b13-11+,18-17+/t36-/m0/s1. The smallest absolute Gasteiger partial charge is 0.306 e. The van der Waals surface area contributed by atoms with Crippen LogP contribution in [0.5, 0.6) is 0 Å². The Bertz CT molecular complexity index is 657. The summed E-state index contributed by atoms with van der Waals surface area (Å²) >= 11 is 0. The monoisotopic (exact) mass is 607 g/mol. The molecule has 0 saturated carbocycles. The molecule has 1 N–H and O–H groups in total. The highest BCUT2D eigenvalue weighted by Gasteiger charge is 2.16. The summed E-state index contributed by atoms with van der Waals surface area (Å²) in [6.45, 7) is 4.10. The van der Waals surface area contributed by atoms with Crippen molar-refractivity contribution in [3.05, 3.63) is 24.3 Å². The van der Waals surface area contributed by atoms with Crippen molar-refractivity contribution < 1.29 is 24.2 Å². The molecule has 0 unspecified atom stereocenters. The van der Waals surface area contributed by atoms with Gasteiger partial charge in [-0.15, -0.1) is 0 Å². The summed E-state index contributed by atoms with van der Waals surface area (Å²) in [7, 11) is 0. The lowest BCUT2D eigenvalue weighted by Crippen LogP contribution is -2.28. The minimum absolute atomic E-state index is 0.0663. The van der Waals surface area contributed by atoms with Crippen molar-refractivity contribution in [3.63, 3.8) is 0 Å². The van der Waals surface area contributed by atoms with Gasteiger partial charge in [-0.25, -0.2) is 0 Å². The van der Waals surface area contributed by atoms with E-state index in [1.807, 2.05) is 0 Å². The van der Waals surface area contributed by atoms with E-state index in [2.05, 4.69) is 38.2 Å². The van der Waals surface area contributed by atoms with E-state index in [-0.39, 0.29) is 25.2 Å². The maximum Gasteiger partial charge on any atom is 0.306 e. The number of rotatable bonds is 33. The minimum Gasteiger partial charge on any atom is -0.462 e. The average Bonchev–Trinajstić information content (AvgIpc) is 3.01. The van der Waals surface area contributed by atoms with Gasteiger partial charge in [-0.2, -0.15) is 0 Å². The molecule has 0 aliphatic rings. The zero-order valence-corrected chi connectivity index (χ0v) is 28.5. The van der Waals surface area contributed by atoms with E-state index >= 15 is 0 Å². The molecule has 0 amide bonds. The molecule has 5 nitrogen and oxygen atoms in total. The van der Waals surface area contributed by atoms with Gasteiger partial charge in [0.15, 0.2) is 6.10 Å². The molecular weight excluding hydrogens is 536 g/mol. The Morgan fingerprint density at radius 1 is 0.535 bits per heavy atom. The first-order chi connectivity index (χ1) is 21.1. The second-order valence-corrected chi connectivity index (χ2v) is 12.3. The van der Waals surface area contributed by atoms with E-state index in [9.17, 15) is 14.7 Å². The predicted molar refractivity (Wildman–Crippen MR) is 182 cm³/mol. The zero-order chi connectivity index (χ0) is 31.5. The first kappa shape index (κ1) is 41.4. The number of hydrogen-bond donors (Lipinski definition) is 1. The Kier molecular flexibility index (Phi) is 33.6. The van der Waals surface area contributed by atoms with Gasteiger partial charge in [-0.05, 0) is 44.9 Å². The molecule has 0 aromatic rings. The first-order valence-corrected chi connectivity index (χ1v) is 18.4. The summed E-state index contributed by atoms with van der Waals surface area (Å²) in [5, 5.41) is 9.52. The summed E-state index contributed by atoms with van der Waals surface area (Å²) in [4.78, 5) is 24.2. The lowest BCUT2D eigenvalue weighted by atomic mass is 10.0. The second-order valence-electron chi connectivity index (χ2n) is 12.3. The summed E-state index contributed by atoms with van der Waals surface area (Å²) in [6, 6.07) is 0. The van der Waals surface area contributed by atoms with Crippen LogP contribution in [0.1, 0.15) is 187 Å². The van der Waals surface area contributed by atoms with Crippen LogP contribution in [0.25, 0.3) is 0 Å². The Morgan fingerprint density at radius 2 is 0.930 bits per heavy atom. The molecule has 0 aromatic carbocycles. The molecule has 0 bridgehead atoms. The van der Waals surface area contributed by atoms with E-state index in [4.69, 9.17) is 9.47 Å². The van der Waals surface area contributed by atoms with Gasteiger partial charge < -0.3 is 14.6 Å². The second kappa shape index (κ2) is 34.9. The van der Waals surface area contributed by atoms with Crippen LogP contribution in [0.3, 0.4) is 0 Å². The fraction of sp³-hybridized carbons (Fsp3) is 0.842. The molecule has 1 atom stereocenters. The van der Waals surface area contributed by atoms with Crippen molar-refractivity contribution in [1.82, 2.24) is 0 Å². The fourth-order valence-corrected chi connectivity index (χ4v) is 5.17. The van der Waals surface area contributed by atoms with Gasteiger partial charge in [-0.1, -0.05) is 154 Å². The SMILES string of the molecule is CCCCC/C=C/C/C=C/CCCCCCCCCC(=O)OC[C@H](CO)OC(=O)CCCCCCCCCCCCCC. The molecular formula is C38H70O5. The highest BCUT2D eigenvalue weighted by molar-refractivity contribution is 5.70. The quantitative estimate of drug-likeness (QED) is 0.0457. The van der Waals surface area contributed by atoms with Crippen LogP contribution < -0.4 is 0 Å². The summed E-state index contributed by atoms with van der Waals surface area (Å²) < 4.78 is 10.6. The highest BCUT2D eigenvalue weighted by atomic mass is 16.6. The number of allylic oxidation sites excluding steroid dienone is 4. The summed E-state index contributed by atoms with van der Waals surface area (Å²) in [5.41, 5.74) is 0. The molecule has 0 spiro atoms. The molecule has 0 heterocycles. The topological polar surface area (TPSA) is 72.8 Å². The van der Waals surface area contributed by atoms with Crippen molar-refractivity contribution >= 4 is 11.9 Å². The molecule has 0 aromatic heterocycles. The molecule has 0 rings (SSSR count). The maximum atomic E-state index is 12.1. The molecule has 0 saturated heterocycles. The third-order valence-corrected chi connectivity index (χ3v) is 8.00. The van der Waals surface area contributed by atoms with E-state index in [0.717, 1.165) is 44.9 Å². The summed E-state index contributed by atoms with van der Waals surface area (Å²) in [5.74, 6) is -0.596. The molecule has 0 radical (unpaired) electrons. The van der Waals surface area contributed by atoms with Crippen molar-refractivity contribution in [2.24, 2.45) is 0 Å². The van der Waals surface area contributed by atoms with Gasteiger partial charge in [-0.3, -0.25) is 9.59 Å². The van der Waals surface area contributed by atoms with Crippen LogP contribution in [-0.4, -0.2) is 36.4 Å². The number of carbonyl (C=O) groups excluding carboxylic acids is 2. The minimum atomic E-state index is -0.768. The van der Waals surface area contributed by atoms with Gasteiger partial charge in [0.25, 0.3) is 0 Å². The van der Waals surface area contributed by atoms with Crippen LogP contribution in [0, 0.1) is 0 Å². The van der Waals surface area contributed by atoms with Crippen LogP contribution in [0.15, 0.2) is 24.3 Å². The Morgan fingerprint density at radius 3 is 1.42 bits per heavy atom. The first-order valence-electron chi connectivity index (χ1n) is 18.4. The van der Waals surface area contributed by atoms with Crippen LogP contribution in [0.4, 0.5) is 0 Å². The molecule has 252 valence electrons. The molecule has 0 aliphatic carbocycles. The van der Waals surface area contributed by atoms with Crippen LogP contribution >= 0.6 is 0 Å². The molecule has 43 heavy (non-hydrogen) atoms. The Labute approximate surface area is 266 Å². The largest absolute Gasteiger partial charge is 0.462 e. The lowest BCUT2D eigenvalue weighted by Gasteiger charge is -2.15. The number of carbonyl (C=O) groups is 2. The van der Waals surface area contributed by atoms with E-state index in [0.29, 0.717) is 12.8 Å². The average molecular weight is 607 g/mol. The van der Waals surface area contributed by atoms with Gasteiger partial charge in [0, 0.05) is 12.8 Å². The van der Waals surface area contributed by atoms with Crippen molar-refractivity contribution in [2.45, 2.75) is 193 Å². The van der Waals surface area contributed by atoms with E-state index in [1.54, 1.807) is 0 Å². The van der Waals surface area contributed by atoms with Gasteiger partial charge in [0.05, 0.1) is 6.61 Å². The zero-order valence-electron chi connectivity index (χ0n) is 28.5.